The number of piperidine rings is 1. The number of halogens is 2. The summed E-state index contributed by atoms with van der Waals surface area (Å²) < 4.78 is 7.50. The number of benzene rings is 1. The summed E-state index contributed by atoms with van der Waals surface area (Å²) in [6, 6.07) is 8.63. The molecule has 33 heavy (non-hydrogen) atoms. The number of carbonyl (C=O) groups is 1. The third-order valence-electron chi connectivity index (χ3n) is 5.92. The molecule has 0 spiro atoms. The van der Waals surface area contributed by atoms with E-state index in [0.29, 0.717) is 47.2 Å². The fraction of sp³-hybridized carbons (Fsp3) is 0.318. The molecule has 1 saturated heterocycles. The van der Waals surface area contributed by atoms with Crippen molar-refractivity contribution in [1.29, 1.82) is 0 Å². The number of H-pyrrole nitrogens is 1. The van der Waals surface area contributed by atoms with E-state index in [1.807, 2.05) is 12.1 Å². The van der Waals surface area contributed by atoms with Crippen LogP contribution < -0.4 is 5.69 Å². The largest absolute Gasteiger partial charge is 0.420 e. The van der Waals surface area contributed by atoms with E-state index in [2.05, 4.69) is 20.2 Å². The van der Waals surface area contributed by atoms with Gasteiger partial charge in [-0.25, -0.2) is 9.78 Å². The number of fused-ring (bicyclic) bond motifs is 1. The van der Waals surface area contributed by atoms with E-state index in [1.165, 1.54) is 0 Å². The Kier molecular flexibility index (Phi) is 5.67. The average molecular weight is 487 g/mol. The molecule has 1 aliphatic rings. The molecular weight excluding hydrogens is 467 g/mol. The van der Waals surface area contributed by atoms with Crippen LogP contribution in [0.4, 0.5) is 0 Å². The van der Waals surface area contributed by atoms with Crippen LogP contribution in [0.1, 0.15) is 37.6 Å². The number of likely N-dealkylation sites (tertiary alicyclic amines) is 1. The highest BCUT2D eigenvalue weighted by Crippen LogP contribution is 2.30. The first kappa shape index (κ1) is 21.7. The Hall–Kier alpha value is -3.17. The molecule has 170 valence electrons. The van der Waals surface area contributed by atoms with Crippen molar-refractivity contribution in [2.24, 2.45) is 0 Å². The van der Waals surface area contributed by atoms with Crippen molar-refractivity contribution < 1.29 is 9.21 Å². The summed E-state index contributed by atoms with van der Waals surface area (Å²) in [5, 5.41) is 9.02. The molecule has 1 atom stereocenters. The number of hydrogen-bond acceptors (Lipinski definition) is 6. The number of hydrogen-bond donors (Lipinski definition) is 1. The Bertz CT molecular complexity index is 1370. The predicted molar refractivity (Wildman–Crippen MR) is 123 cm³/mol. The van der Waals surface area contributed by atoms with E-state index in [9.17, 15) is 9.59 Å². The number of amides is 1. The van der Waals surface area contributed by atoms with Gasteiger partial charge in [0.25, 0.3) is 0 Å². The summed E-state index contributed by atoms with van der Waals surface area (Å²) in [7, 11) is 0. The zero-order valence-corrected chi connectivity index (χ0v) is 19.2. The van der Waals surface area contributed by atoms with Crippen LogP contribution in [-0.4, -0.2) is 48.6 Å². The van der Waals surface area contributed by atoms with E-state index < -0.39 is 5.92 Å². The molecule has 9 nitrogen and oxygen atoms in total. The van der Waals surface area contributed by atoms with Gasteiger partial charge < -0.3 is 9.32 Å². The maximum absolute atomic E-state index is 13.1. The Morgan fingerprint density at radius 1 is 1.18 bits per heavy atom. The predicted octanol–water partition coefficient (Wildman–Crippen LogP) is 4.05. The van der Waals surface area contributed by atoms with Crippen molar-refractivity contribution >= 4 is 40.3 Å². The van der Waals surface area contributed by atoms with Gasteiger partial charge in [0.15, 0.2) is 5.65 Å². The standard InChI is InChI=1S/C22H20Cl2N6O3/c1-12(19-27-28-20(33-19)13-9-14(23)11-15(24)10-13)21(31)29-7-4-16(5-8-29)30-17-3-2-6-25-18(17)26-22(30)32/h2-3,6,9-12,16H,4-5,7-8H2,1H3,(H,25,26,32). The van der Waals surface area contributed by atoms with Gasteiger partial charge >= 0.3 is 5.69 Å². The van der Waals surface area contributed by atoms with Crippen molar-refractivity contribution in [2.75, 3.05) is 13.1 Å². The lowest BCUT2D eigenvalue weighted by Crippen LogP contribution is -2.42. The molecule has 1 unspecified atom stereocenters. The van der Waals surface area contributed by atoms with Crippen LogP contribution in [0.2, 0.25) is 10.0 Å². The summed E-state index contributed by atoms with van der Waals surface area (Å²) >= 11 is 12.1. The van der Waals surface area contributed by atoms with Gasteiger partial charge in [-0.3, -0.25) is 14.3 Å². The molecule has 1 amide bonds. The van der Waals surface area contributed by atoms with Crippen LogP contribution in [0.3, 0.4) is 0 Å². The first-order valence-corrected chi connectivity index (χ1v) is 11.3. The molecule has 1 N–H and O–H groups in total. The normalized spacial score (nSPS) is 15.8. The Labute approximate surface area is 198 Å². The second kappa shape index (κ2) is 8.64. The third-order valence-corrected chi connectivity index (χ3v) is 6.36. The highest BCUT2D eigenvalue weighted by Gasteiger charge is 2.31. The fourth-order valence-corrected chi connectivity index (χ4v) is 4.77. The molecule has 5 rings (SSSR count). The molecule has 11 heteroatoms. The van der Waals surface area contributed by atoms with E-state index in [1.54, 1.807) is 40.8 Å². The van der Waals surface area contributed by atoms with Gasteiger partial charge in [0, 0.05) is 40.9 Å². The molecule has 0 saturated carbocycles. The molecule has 1 fully saturated rings. The van der Waals surface area contributed by atoms with Gasteiger partial charge in [0.1, 0.15) is 5.92 Å². The van der Waals surface area contributed by atoms with Crippen LogP contribution in [0, 0.1) is 0 Å². The van der Waals surface area contributed by atoms with Crippen molar-refractivity contribution in [2.45, 2.75) is 31.7 Å². The number of nitrogens with one attached hydrogen (secondary N) is 1. The van der Waals surface area contributed by atoms with Crippen LogP contribution in [0.5, 0.6) is 0 Å². The number of pyridine rings is 1. The van der Waals surface area contributed by atoms with Gasteiger partial charge in [0.2, 0.25) is 17.7 Å². The van der Waals surface area contributed by atoms with Gasteiger partial charge in [-0.1, -0.05) is 23.2 Å². The second-order valence-electron chi connectivity index (χ2n) is 8.05. The zero-order chi connectivity index (χ0) is 23.1. The molecule has 4 aromatic rings. The molecule has 1 aromatic carbocycles. The molecule has 0 radical (unpaired) electrons. The van der Waals surface area contributed by atoms with E-state index in [-0.39, 0.29) is 29.4 Å². The Morgan fingerprint density at radius 3 is 2.64 bits per heavy atom. The van der Waals surface area contributed by atoms with Crippen molar-refractivity contribution in [3.63, 3.8) is 0 Å². The van der Waals surface area contributed by atoms with Gasteiger partial charge in [-0.05, 0) is 50.1 Å². The first-order valence-electron chi connectivity index (χ1n) is 10.5. The summed E-state index contributed by atoms with van der Waals surface area (Å²) in [6.07, 6.45) is 2.97. The van der Waals surface area contributed by atoms with Gasteiger partial charge in [-0.15, -0.1) is 10.2 Å². The minimum absolute atomic E-state index is 0.00242. The lowest BCUT2D eigenvalue weighted by Gasteiger charge is -2.33. The van der Waals surface area contributed by atoms with Crippen molar-refractivity contribution in [1.82, 2.24) is 29.6 Å². The highest BCUT2D eigenvalue weighted by atomic mass is 35.5. The third kappa shape index (κ3) is 4.14. The zero-order valence-electron chi connectivity index (χ0n) is 17.7. The summed E-state index contributed by atoms with van der Waals surface area (Å²) in [5.74, 6) is -0.217. The minimum Gasteiger partial charge on any atom is -0.420 e. The lowest BCUT2D eigenvalue weighted by atomic mass is 10.0. The lowest BCUT2D eigenvalue weighted by molar-refractivity contribution is -0.134. The molecule has 0 bridgehead atoms. The number of carbonyl (C=O) groups excluding carboxylic acids is 1. The minimum atomic E-state index is -0.600. The monoisotopic (exact) mass is 486 g/mol. The number of aromatic nitrogens is 5. The van der Waals surface area contributed by atoms with E-state index in [4.69, 9.17) is 27.6 Å². The maximum atomic E-state index is 13.1. The topological polar surface area (TPSA) is 110 Å². The quantitative estimate of drug-likeness (QED) is 0.465. The van der Waals surface area contributed by atoms with Gasteiger partial charge in [0.05, 0.1) is 5.52 Å². The molecule has 1 aliphatic heterocycles. The molecule has 0 aliphatic carbocycles. The molecule has 4 heterocycles. The Balaban J connectivity index is 1.28. The second-order valence-corrected chi connectivity index (χ2v) is 8.93. The van der Waals surface area contributed by atoms with E-state index in [0.717, 1.165) is 5.52 Å². The molecule has 3 aromatic heterocycles. The Morgan fingerprint density at radius 2 is 1.91 bits per heavy atom. The van der Waals surface area contributed by atoms with Crippen LogP contribution in [-0.2, 0) is 4.79 Å². The number of nitrogens with zero attached hydrogens (tertiary/aromatic N) is 5. The fourth-order valence-electron chi connectivity index (χ4n) is 4.25. The van der Waals surface area contributed by atoms with E-state index >= 15 is 0 Å². The van der Waals surface area contributed by atoms with Crippen molar-refractivity contribution in [3.05, 3.63) is 62.9 Å². The van der Waals surface area contributed by atoms with Crippen LogP contribution in [0.15, 0.2) is 45.7 Å². The SMILES string of the molecule is CC(C(=O)N1CCC(n2c(=O)[nH]c3ncccc32)CC1)c1nnc(-c2cc(Cl)cc(Cl)c2)o1. The first-order chi connectivity index (χ1) is 15.9. The average Bonchev–Trinajstić information content (AvgIpc) is 3.42. The maximum Gasteiger partial charge on any atom is 0.327 e. The summed E-state index contributed by atoms with van der Waals surface area (Å²) in [5.41, 5.74) is 1.76. The highest BCUT2D eigenvalue weighted by molar-refractivity contribution is 6.35. The number of aromatic amines is 1. The smallest absolute Gasteiger partial charge is 0.327 e. The molecular formula is C22H20Cl2N6O3. The summed E-state index contributed by atoms with van der Waals surface area (Å²) in [4.78, 5) is 34.3. The van der Waals surface area contributed by atoms with Crippen molar-refractivity contribution in [3.8, 4) is 11.5 Å². The van der Waals surface area contributed by atoms with Crippen LogP contribution >= 0.6 is 23.2 Å². The number of rotatable bonds is 4. The summed E-state index contributed by atoms with van der Waals surface area (Å²) in [6.45, 7) is 2.79. The van der Waals surface area contributed by atoms with Crippen LogP contribution in [0.25, 0.3) is 22.6 Å². The van der Waals surface area contributed by atoms with Gasteiger partial charge in [-0.2, -0.15) is 0 Å². The number of imidazole rings is 1.